The highest BCUT2D eigenvalue weighted by Crippen LogP contribution is 2.44. The van der Waals surface area contributed by atoms with Gasteiger partial charge in [0.2, 0.25) is 11.8 Å². The summed E-state index contributed by atoms with van der Waals surface area (Å²) >= 11 is 0. The van der Waals surface area contributed by atoms with Crippen LogP contribution in [0.25, 0.3) is 11.1 Å². The second-order valence-corrected chi connectivity index (χ2v) is 16.1. The summed E-state index contributed by atoms with van der Waals surface area (Å²) in [5.74, 6) is -1.65. The molecule has 1 aliphatic carbocycles. The first-order chi connectivity index (χ1) is 29.6. The van der Waals surface area contributed by atoms with Gasteiger partial charge in [-0.15, -0.1) is 0 Å². The molecular formula is C46H55N7O9. The minimum absolute atomic E-state index is 0.0588. The van der Waals surface area contributed by atoms with Gasteiger partial charge in [0.05, 0.1) is 0 Å². The molecule has 0 aliphatic heterocycles. The summed E-state index contributed by atoms with van der Waals surface area (Å²) in [5, 5.41) is 16.1. The van der Waals surface area contributed by atoms with E-state index in [0.717, 1.165) is 27.8 Å². The second-order valence-electron chi connectivity index (χ2n) is 16.1. The summed E-state index contributed by atoms with van der Waals surface area (Å²) in [6.45, 7) is 9.30. The number of primary amides is 1. The SMILES string of the molecule is CC(C)[C@H](NC(=O)OCC1c2ccccc2-c2ccccc21)C(=O)N[C@@H](CCCNC(N)=O)C(=O)Nc1ccc(COC(=O)Nc2ccc(CNC(=O)OC(C)(C)C)cc2)cc1. The van der Waals surface area contributed by atoms with Crippen LogP contribution in [0, 0.1) is 5.92 Å². The van der Waals surface area contributed by atoms with Crippen LogP contribution in [-0.2, 0) is 37.0 Å². The van der Waals surface area contributed by atoms with E-state index in [0.29, 0.717) is 23.4 Å². The van der Waals surface area contributed by atoms with E-state index in [2.05, 4.69) is 31.9 Å². The van der Waals surface area contributed by atoms with Crippen molar-refractivity contribution in [1.29, 1.82) is 0 Å². The van der Waals surface area contributed by atoms with Crippen molar-refractivity contribution >= 4 is 47.5 Å². The number of benzene rings is 4. The highest BCUT2D eigenvalue weighted by atomic mass is 16.6. The molecule has 0 fully saturated rings. The first-order valence-corrected chi connectivity index (χ1v) is 20.4. The molecule has 0 unspecified atom stereocenters. The third-order valence-electron chi connectivity index (χ3n) is 9.80. The second kappa shape index (κ2) is 21.4. The molecule has 5 rings (SSSR count). The summed E-state index contributed by atoms with van der Waals surface area (Å²) in [7, 11) is 0. The molecule has 16 heteroatoms. The Bertz CT molecular complexity index is 2160. The fourth-order valence-electron chi connectivity index (χ4n) is 6.76. The molecule has 2 atom stereocenters. The summed E-state index contributed by atoms with van der Waals surface area (Å²) in [6.07, 6.45) is -1.53. The lowest BCUT2D eigenvalue weighted by atomic mass is 9.98. The Balaban J connectivity index is 1.12. The van der Waals surface area contributed by atoms with Crippen LogP contribution in [0.5, 0.6) is 0 Å². The van der Waals surface area contributed by atoms with Crippen LogP contribution >= 0.6 is 0 Å². The number of anilines is 2. The molecule has 0 saturated heterocycles. The van der Waals surface area contributed by atoms with E-state index in [-0.39, 0.29) is 44.6 Å². The lowest BCUT2D eigenvalue weighted by Gasteiger charge is -2.25. The maximum atomic E-state index is 13.7. The molecule has 0 bridgehead atoms. The van der Waals surface area contributed by atoms with Crippen molar-refractivity contribution in [1.82, 2.24) is 21.3 Å². The number of fused-ring (bicyclic) bond motifs is 3. The smallest absolute Gasteiger partial charge is 0.411 e. The van der Waals surface area contributed by atoms with Gasteiger partial charge in [0, 0.05) is 30.4 Å². The monoisotopic (exact) mass is 849 g/mol. The molecule has 8 N–H and O–H groups in total. The minimum atomic E-state index is -1.05. The summed E-state index contributed by atoms with van der Waals surface area (Å²) in [5.41, 5.74) is 11.2. The van der Waals surface area contributed by atoms with Gasteiger partial charge in [-0.05, 0) is 97.2 Å². The molecule has 0 aromatic heterocycles. The summed E-state index contributed by atoms with van der Waals surface area (Å²) in [4.78, 5) is 76.1. The number of rotatable bonds is 17. The average molecular weight is 850 g/mol. The molecule has 1 aliphatic rings. The zero-order chi connectivity index (χ0) is 44.8. The number of urea groups is 1. The lowest BCUT2D eigenvalue weighted by Crippen LogP contribution is -2.54. The molecule has 4 aromatic rings. The molecule has 0 radical (unpaired) electrons. The number of nitrogens with two attached hydrogens (primary N) is 1. The van der Waals surface area contributed by atoms with Crippen LogP contribution in [0.3, 0.4) is 0 Å². The molecule has 7 amide bonds. The van der Waals surface area contributed by atoms with Gasteiger partial charge in [-0.1, -0.05) is 86.6 Å². The van der Waals surface area contributed by atoms with E-state index in [9.17, 15) is 28.8 Å². The lowest BCUT2D eigenvalue weighted by molar-refractivity contribution is -0.128. The van der Waals surface area contributed by atoms with E-state index in [1.54, 1.807) is 83.1 Å². The number of hydrogen-bond acceptors (Lipinski definition) is 9. The Kier molecular flexibility index (Phi) is 15.9. The number of nitrogens with one attached hydrogen (secondary N) is 6. The molecular weight excluding hydrogens is 795 g/mol. The molecule has 4 aromatic carbocycles. The molecule has 16 nitrogen and oxygen atoms in total. The fraction of sp³-hybridized carbons (Fsp3) is 0.348. The molecule has 0 spiro atoms. The zero-order valence-corrected chi connectivity index (χ0v) is 35.5. The molecule has 0 heterocycles. The number of hydrogen-bond donors (Lipinski definition) is 7. The number of carbonyl (C=O) groups is 6. The number of carbonyl (C=O) groups excluding carboxylic acids is 6. The standard InChI is InChI=1S/C46H55N7O9/c1-28(2)39(53-45(59)61-27-37-35-13-8-6-11-33(35)34-12-7-9-14-36(34)37)41(55)52-38(15-10-24-48-42(47)56)40(54)50-31-22-18-30(19-23-31)26-60-44(58)51-32-20-16-29(17-21-32)25-49-43(57)62-46(3,4)5/h6-9,11-14,16-23,28,37-39H,10,15,24-27H2,1-5H3,(H,49,57)(H,50,54)(H,51,58)(H,52,55)(H,53,59)(H3,47,48,56)/t38-,39-/m0/s1. The Morgan fingerprint density at radius 3 is 1.82 bits per heavy atom. The summed E-state index contributed by atoms with van der Waals surface area (Å²) < 4.78 is 16.3. The third-order valence-corrected chi connectivity index (χ3v) is 9.80. The predicted octanol–water partition coefficient (Wildman–Crippen LogP) is 6.90. The fourth-order valence-corrected chi connectivity index (χ4v) is 6.76. The van der Waals surface area contributed by atoms with E-state index in [4.69, 9.17) is 19.9 Å². The predicted molar refractivity (Wildman–Crippen MR) is 234 cm³/mol. The Labute approximate surface area is 361 Å². The van der Waals surface area contributed by atoms with Crippen LogP contribution in [-0.4, -0.2) is 67.0 Å². The van der Waals surface area contributed by atoms with E-state index in [1.807, 2.05) is 48.5 Å². The molecule has 0 saturated carbocycles. The van der Waals surface area contributed by atoms with Crippen LogP contribution in [0.4, 0.5) is 30.6 Å². The van der Waals surface area contributed by atoms with Gasteiger partial charge < -0.3 is 46.5 Å². The number of alkyl carbamates (subject to hydrolysis) is 2. The first-order valence-electron chi connectivity index (χ1n) is 20.4. The normalized spacial score (nSPS) is 12.7. The van der Waals surface area contributed by atoms with Crippen molar-refractivity contribution in [3.8, 4) is 11.1 Å². The Morgan fingerprint density at radius 1 is 0.661 bits per heavy atom. The van der Waals surface area contributed by atoms with Gasteiger partial charge in [-0.25, -0.2) is 19.2 Å². The van der Waals surface area contributed by atoms with Gasteiger partial charge in [-0.3, -0.25) is 14.9 Å². The Morgan fingerprint density at radius 2 is 1.24 bits per heavy atom. The van der Waals surface area contributed by atoms with Gasteiger partial charge in [-0.2, -0.15) is 0 Å². The van der Waals surface area contributed by atoms with Gasteiger partial charge in [0.25, 0.3) is 0 Å². The zero-order valence-electron chi connectivity index (χ0n) is 35.5. The number of amides is 7. The molecule has 62 heavy (non-hydrogen) atoms. The van der Waals surface area contributed by atoms with Crippen LogP contribution in [0.15, 0.2) is 97.1 Å². The van der Waals surface area contributed by atoms with Gasteiger partial charge in [0.15, 0.2) is 0 Å². The van der Waals surface area contributed by atoms with Crippen LogP contribution < -0.4 is 37.6 Å². The first kappa shape index (κ1) is 46.0. The van der Waals surface area contributed by atoms with Gasteiger partial charge >= 0.3 is 24.3 Å². The quantitative estimate of drug-likeness (QED) is 0.0433. The Hall–Kier alpha value is -7.10. The van der Waals surface area contributed by atoms with Crippen molar-refractivity contribution < 1.29 is 43.0 Å². The maximum Gasteiger partial charge on any atom is 0.411 e. The average Bonchev–Trinajstić information content (AvgIpc) is 3.55. The van der Waals surface area contributed by atoms with Crippen molar-refractivity contribution in [3.63, 3.8) is 0 Å². The number of ether oxygens (including phenoxy) is 3. The van der Waals surface area contributed by atoms with Crippen molar-refractivity contribution in [2.45, 2.75) is 84.2 Å². The maximum absolute atomic E-state index is 13.7. The summed E-state index contributed by atoms with van der Waals surface area (Å²) in [6, 6.07) is 26.6. The minimum Gasteiger partial charge on any atom is -0.449 e. The van der Waals surface area contributed by atoms with Crippen molar-refractivity contribution in [2.75, 3.05) is 23.8 Å². The highest BCUT2D eigenvalue weighted by molar-refractivity contribution is 5.98. The van der Waals surface area contributed by atoms with E-state index >= 15 is 0 Å². The van der Waals surface area contributed by atoms with Crippen LogP contribution in [0.1, 0.15) is 75.6 Å². The highest BCUT2D eigenvalue weighted by Gasteiger charge is 2.32. The molecule has 328 valence electrons. The third kappa shape index (κ3) is 13.7. The van der Waals surface area contributed by atoms with E-state index < -0.39 is 53.8 Å². The van der Waals surface area contributed by atoms with E-state index in [1.165, 1.54) is 0 Å². The largest absolute Gasteiger partial charge is 0.449 e. The van der Waals surface area contributed by atoms with Crippen molar-refractivity contribution in [2.24, 2.45) is 11.7 Å². The van der Waals surface area contributed by atoms with Crippen molar-refractivity contribution in [3.05, 3.63) is 119 Å². The van der Waals surface area contributed by atoms with Gasteiger partial charge in [0.1, 0.15) is 30.9 Å². The topological polar surface area (TPSA) is 228 Å². The van der Waals surface area contributed by atoms with Crippen LogP contribution in [0.2, 0.25) is 0 Å².